The Bertz CT molecular complexity index is 559. The zero-order chi connectivity index (χ0) is 14.9. The van der Waals surface area contributed by atoms with Crippen molar-refractivity contribution in [2.24, 2.45) is 0 Å². The maximum atomic E-state index is 5.79. The van der Waals surface area contributed by atoms with Crippen LogP contribution in [0.3, 0.4) is 0 Å². The van der Waals surface area contributed by atoms with Crippen LogP contribution in [0.25, 0.3) is 5.57 Å². The quantitative estimate of drug-likeness (QED) is 0.710. The summed E-state index contributed by atoms with van der Waals surface area (Å²) in [6.45, 7) is 11.5. The molecule has 2 heteroatoms. The van der Waals surface area contributed by atoms with E-state index < -0.39 is 8.80 Å². The van der Waals surface area contributed by atoms with Gasteiger partial charge in [0.1, 0.15) is 5.75 Å². The van der Waals surface area contributed by atoms with Crippen molar-refractivity contribution in [1.29, 1.82) is 0 Å². The van der Waals surface area contributed by atoms with Crippen LogP contribution in [0.5, 0.6) is 5.75 Å². The van der Waals surface area contributed by atoms with Gasteiger partial charge in [-0.05, 0) is 17.4 Å². The predicted octanol–water partition coefficient (Wildman–Crippen LogP) is 5.00. The van der Waals surface area contributed by atoms with Gasteiger partial charge in [-0.2, -0.15) is 0 Å². The molecule has 2 rings (SSSR count). The molecule has 1 radical (unpaired) electrons. The van der Waals surface area contributed by atoms with Gasteiger partial charge in [0.15, 0.2) is 0 Å². The summed E-state index contributed by atoms with van der Waals surface area (Å²) in [7, 11) is 1.37. The Kier molecular flexibility index (Phi) is 4.24. The first kappa shape index (κ1) is 15.1. The van der Waals surface area contributed by atoms with Crippen molar-refractivity contribution in [2.45, 2.75) is 45.7 Å². The second-order valence-corrected chi connectivity index (χ2v) is 9.24. The molecule has 0 fully saturated rings. The fraction of sp³-hybridized carbons (Fsp3) is 0.444. The maximum absolute atomic E-state index is 5.79. The van der Waals surface area contributed by atoms with E-state index in [9.17, 15) is 0 Å². The maximum Gasteiger partial charge on any atom is 0.130 e. The normalized spacial score (nSPS) is 15.3. The lowest BCUT2D eigenvalue weighted by atomic mass is 9.84. The first-order valence-corrected chi connectivity index (χ1v) is 9.74. The third-order valence-electron chi connectivity index (χ3n) is 3.85. The van der Waals surface area contributed by atoms with Crippen LogP contribution in [0, 0.1) is 0 Å². The lowest BCUT2D eigenvalue weighted by molar-refractivity contribution is 0.396. The third-order valence-corrected chi connectivity index (χ3v) is 5.53. The average molecular weight is 285 g/mol. The highest BCUT2D eigenvalue weighted by Crippen LogP contribution is 2.40. The fourth-order valence-electron chi connectivity index (χ4n) is 2.79. The first-order valence-electron chi connectivity index (χ1n) is 7.24. The average Bonchev–Trinajstić information content (AvgIpc) is 2.85. The monoisotopic (exact) mass is 285 g/mol. The summed E-state index contributed by atoms with van der Waals surface area (Å²) in [4.78, 5) is 0. The summed E-state index contributed by atoms with van der Waals surface area (Å²) < 4.78 is 5.79. The molecule has 1 aromatic rings. The van der Waals surface area contributed by atoms with Crippen molar-refractivity contribution in [1.82, 2.24) is 0 Å². The molecule has 0 amide bonds. The highest BCUT2D eigenvalue weighted by molar-refractivity contribution is 6.65. The molecule has 0 saturated carbocycles. The molecule has 1 nitrogen and oxygen atoms in total. The van der Waals surface area contributed by atoms with Gasteiger partial charge in [-0.3, -0.25) is 0 Å². The van der Waals surface area contributed by atoms with Crippen molar-refractivity contribution in [2.75, 3.05) is 7.11 Å². The Morgan fingerprint density at radius 1 is 1.15 bits per heavy atom. The van der Waals surface area contributed by atoms with E-state index in [1.807, 2.05) is 0 Å². The number of hydrogen-bond donors (Lipinski definition) is 0. The molecule has 0 heterocycles. The predicted molar refractivity (Wildman–Crippen MR) is 89.9 cm³/mol. The van der Waals surface area contributed by atoms with E-state index in [-0.39, 0.29) is 5.41 Å². The van der Waals surface area contributed by atoms with Crippen LogP contribution < -0.4 is 4.74 Å². The standard InChI is InChI=1S/C18H25OSi/c1-18(2,3)15-11-7-10-14(17(15)19-4)13-9-8-12-16(13)20(5)6/h7-11H,12H2,1-6H3. The topological polar surface area (TPSA) is 9.23 Å². The second kappa shape index (κ2) is 5.61. The minimum atomic E-state index is -0.418. The van der Waals surface area contributed by atoms with Gasteiger partial charge in [0.05, 0.1) is 15.9 Å². The molecule has 0 atom stereocenters. The minimum absolute atomic E-state index is 0.0939. The van der Waals surface area contributed by atoms with Crippen LogP contribution >= 0.6 is 0 Å². The van der Waals surface area contributed by atoms with Gasteiger partial charge < -0.3 is 4.74 Å². The largest absolute Gasteiger partial charge is 0.496 e. The van der Waals surface area contributed by atoms with Crippen molar-refractivity contribution in [3.63, 3.8) is 0 Å². The molecule has 0 spiro atoms. The number of para-hydroxylation sites is 1. The number of rotatable bonds is 3. The van der Waals surface area contributed by atoms with Gasteiger partial charge in [-0.25, -0.2) is 0 Å². The van der Waals surface area contributed by atoms with E-state index in [0.29, 0.717) is 0 Å². The minimum Gasteiger partial charge on any atom is -0.496 e. The van der Waals surface area contributed by atoms with Crippen molar-refractivity contribution >= 4 is 14.4 Å². The van der Waals surface area contributed by atoms with Gasteiger partial charge in [-0.15, -0.1) is 0 Å². The Balaban J connectivity index is 2.64. The molecule has 0 saturated heterocycles. The van der Waals surface area contributed by atoms with E-state index >= 15 is 0 Å². The van der Waals surface area contributed by atoms with Crippen LogP contribution in [0.15, 0.2) is 35.5 Å². The molecule has 1 aliphatic carbocycles. The summed E-state index contributed by atoms with van der Waals surface area (Å²) in [5.41, 5.74) is 4.03. The highest BCUT2D eigenvalue weighted by atomic mass is 28.3. The molecule has 0 aromatic heterocycles. The van der Waals surface area contributed by atoms with Crippen molar-refractivity contribution < 1.29 is 4.74 Å². The molecular weight excluding hydrogens is 260 g/mol. The molecule has 1 aromatic carbocycles. The van der Waals surface area contributed by atoms with Gasteiger partial charge in [0.2, 0.25) is 0 Å². The van der Waals surface area contributed by atoms with E-state index in [0.717, 1.165) is 12.2 Å². The summed E-state index contributed by atoms with van der Waals surface area (Å²) in [6.07, 6.45) is 5.67. The fourth-order valence-corrected chi connectivity index (χ4v) is 4.07. The number of allylic oxidation sites excluding steroid dienone is 4. The van der Waals surface area contributed by atoms with Gasteiger partial charge in [0.25, 0.3) is 0 Å². The van der Waals surface area contributed by atoms with E-state index in [1.54, 1.807) is 12.3 Å². The summed E-state index contributed by atoms with van der Waals surface area (Å²) in [6, 6.07) is 6.54. The summed E-state index contributed by atoms with van der Waals surface area (Å²) >= 11 is 0. The molecular formula is C18H25OSi. The van der Waals surface area contributed by atoms with Crippen LogP contribution in [0.1, 0.15) is 38.3 Å². The van der Waals surface area contributed by atoms with E-state index in [2.05, 4.69) is 64.2 Å². The Hall–Kier alpha value is -1.28. The first-order chi connectivity index (χ1) is 9.36. The van der Waals surface area contributed by atoms with Crippen LogP contribution in [0.2, 0.25) is 13.1 Å². The lowest BCUT2D eigenvalue weighted by Crippen LogP contribution is -2.14. The lowest BCUT2D eigenvalue weighted by Gasteiger charge is -2.24. The number of benzene rings is 1. The number of methoxy groups -OCH3 is 1. The highest BCUT2D eigenvalue weighted by Gasteiger charge is 2.24. The van der Waals surface area contributed by atoms with E-state index in [1.165, 1.54) is 16.7 Å². The van der Waals surface area contributed by atoms with E-state index in [4.69, 9.17) is 4.74 Å². The van der Waals surface area contributed by atoms with Crippen molar-refractivity contribution in [3.8, 4) is 5.75 Å². The van der Waals surface area contributed by atoms with Gasteiger partial charge >= 0.3 is 0 Å². The Labute approximate surface area is 125 Å². The number of ether oxygens (including phenoxy) is 1. The smallest absolute Gasteiger partial charge is 0.130 e. The molecule has 0 unspecified atom stereocenters. The zero-order valence-corrected chi connectivity index (χ0v) is 14.5. The van der Waals surface area contributed by atoms with Gasteiger partial charge in [0, 0.05) is 11.1 Å². The Morgan fingerprint density at radius 3 is 2.40 bits per heavy atom. The molecule has 0 bridgehead atoms. The molecule has 0 aliphatic heterocycles. The van der Waals surface area contributed by atoms with Crippen molar-refractivity contribution in [3.05, 3.63) is 46.7 Å². The van der Waals surface area contributed by atoms with Crippen LogP contribution in [0.4, 0.5) is 0 Å². The molecule has 20 heavy (non-hydrogen) atoms. The third kappa shape index (κ3) is 2.75. The van der Waals surface area contributed by atoms with Crippen LogP contribution in [-0.4, -0.2) is 15.9 Å². The van der Waals surface area contributed by atoms with Gasteiger partial charge in [-0.1, -0.05) is 69.4 Å². The van der Waals surface area contributed by atoms with Crippen LogP contribution in [-0.2, 0) is 5.41 Å². The second-order valence-electron chi connectivity index (χ2n) is 6.64. The summed E-state index contributed by atoms with van der Waals surface area (Å²) in [5, 5.41) is 1.61. The molecule has 1 aliphatic rings. The SMILES string of the molecule is COc1c(C2=C([Si](C)C)CC=C2)cccc1C(C)(C)C. The number of hydrogen-bond acceptors (Lipinski definition) is 1. The zero-order valence-electron chi connectivity index (χ0n) is 13.5. The molecule has 107 valence electrons. The molecule has 0 N–H and O–H groups in total. The Morgan fingerprint density at radius 2 is 1.85 bits per heavy atom. The summed E-state index contributed by atoms with van der Waals surface area (Å²) in [5.74, 6) is 1.04.